The maximum absolute atomic E-state index is 14.6. The van der Waals surface area contributed by atoms with E-state index in [4.69, 9.17) is 25.9 Å². The molecule has 1 saturated carbocycles. The molecule has 2 aromatic carbocycles. The topological polar surface area (TPSA) is 155 Å². The lowest BCUT2D eigenvalue weighted by atomic mass is 9.91. The van der Waals surface area contributed by atoms with Crippen LogP contribution < -0.4 is 31.6 Å². The molecule has 0 radical (unpaired) electrons. The van der Waals surface area contributed by atoms with E-state index >= 15 is 0 Å². The molecule has 198 valence electrons. The van der Waals surface area contributed by atoms with E-state index in [1.807, 2.05) is 0 Å². The number of carbonyl (C=O) groups excluding carboxylic acids is 1. The molecule has 6 N–H and O–H groups in total. The zero-order chi connectivity index (χ0) is 26.8. The fourth-order valence-corrected chi connectivity index (χ4v) is 4.62. The Hall–Kier alpha value is -4.45. The molecule has 11 nitrogen and oxygen atoms in total. The fraction of sp³-hybridized carbons (Fsp3) is 0.308. The van der Waals surface area contributed by atoms with E-state index in [1.54, 1.807) is 36.4 Å². The summed E-state index contributed by atoms with van der Waals surface area (Å²) in [5.74, 6) is 0.299. The quantitative estimate of drug-likeness (QED) is 0.273. The van der Waals surface area contributed by atoms with Crippen molar-refractivity contribution in [2.24, 2.45) is 11.5 Å². The van der Waals surface area contributed by atoms with E-state index in [0.29, 0.717) is 23.1 Å². The van der Waals surface area contributed by atoms with Crippen LogP contribution in [-0.2, 0) is 0 Å². The lowest BCUT2D eigenvalue weighted by molar-refractivity contribution is 0.100. The van der Waals surface area contributed by atoms with E-state index in [1.165, 1.54) is 24.8 Å². The van der Waals surface area contributed by atoms with Crippen molar-refractivity contribution in [3.8, 4) is 22.9 Å². The van der Waals surface area contributed by atoms with Crippen LogP contribution in [-0.4, -0.2) is 51.8 Å². The first-order chi connectivity index (χ1) is 18.4. The molecule has 0 saturated heterocycles. The average molecular weight is 521 g/mol. The Morgan fingerprint density at radius 3 is 2.45 bits per heavy atom. The minimum atomic E-state index is -0.784. The van der Waals surface area contributed by atoms with Crippen LogP contribution in [0.4, 0.5) is 21.8 Å². The van der Waals surface area contributed by atoms with Crippen LogP contribution in [0.1, 0.15) is 36.0 Å². The van der Waals surface area contributed by atoms with Gasteiger partial charge in [0.2, 0.25) is 5.95 Å². The first-order valence-corrected chi connectivity index (χ1v) is 12.3. The molecular weight excluding hydrogens is 491 g/mol. The van der Waals surface area contributed by atoms with Crippen LogP contribution >= 0.6 is 0 Å². The molecule has 1 fully saturated rings. The maximum atomic E-state index is 14.6. The number of hydrogen-bond acceptors (Lipinski definition) is 9. The third kappa shape index (κ3) is 4.90. The highest BCUT2D eigenvalue weighted by atomic mass is 19.1. The highest BCUT2D eigenvalue weighted by molar-refractivity contribution is 6.04. The van der Waals surface area contributed by atoms with Crippen molar-refractivity contribution < 1.29 is 18.7 Å². The number of aromatic nitrogens is 4. The number of rotatable bonds is 8. The summed E-state index contributed by atoms with van der Waals surface area (Å²) in [4.78, 5) is 21.9. The highest BCUT2D eigenvalue weighted by Crippen LogP contribution is 2.32. The standard InChI is InChI=1S/C26H29FN8O3/c1-37-15-11-14(12-16(13-15)38-2)30-24-21(22(29)36)25-32-23(17-7-3-4-8-18(17)27)34-35(25)26(33-24)31-20-10-6-5-9-19(20)28/h3-4,7-8,11-13,19-20,30H,5-6,9-10,28H2,1-2H3,(H2,29,36)(H,31,33)/t19-,20+/m0/s1. The summed E-state index contributed by atoms with van der Waals surface area (Å²) in [6.07, 6.45) is 3.77. The largest absolute Gasteiger partial charge is 0.497 e. The van der Waals surface area contributed by atoms with Crippen molar-refractivity contribution in [2.75, 3.05) is 24.9 Å². The number of amides is 1. The van der Waals surface area contributed by atoms with Crippen molar-refractivity contribution in [3.63, 3.8) is 0 Å². The first kappa shape index (κ1) is 25.2. The van der Waals surface area contributed by atoms with Gasteiger partial charge in [0.05, 0.1) is 19.8 Å². The van der Waals surface area contributed by atoms with Gasteiger partial charge in [-0.05, 0) is 25.0 Å². The first-order valence-electron chi connectivity index (χ1n) is 12.3. The Balaban J connectivity index is 1.69. The summed E-state index contributed by atoms with van der Waals surface area (Å²) in [7, 11) is 3.07. The van der Waals surface area contributed by atoms with Gasteiger partial charge in [0.15, 0.2) is 17.3 Å². The molecule has 0 bridgehead atoms. The van der Waals surface area contributed by atoms with Crippen LogP contribution in [0.5, 0.6) is 11.5 Å². The molecular formula is C26H29FN8O3. The average Bonchev–Trinajstić information content (AvgIpc) is 3.34. The summed E-state index contributed by atoms with van der Waals surface area (Å²) < 4.78 is 26.7. The number of carbonyl (C=O) groups is 1. The van der Waals surface area contributed by atoms with Crippen molar-refractivity contribution >= 4 is 29.0 Å². The number of hydrogen-bond donors (Lipinski definition) is 4. The number of methoxy groups -OCH3 is 2. The fourth-order valence-electron chi connectivity index (χ4n) is 4.62. The molecule has 12 heteroatoms. The van der Waals surface area contributed by atoms with Gasteiger partial charge in [-0.15, -0.1) is 5.10 Å². The number of primary amides is 1. The van der Waals surface area contributed by atoms with Crippen LogP contribution in [0.15, 0.2) is 42.5 Å². The summed E-state index contributed by atoms with van der Waals surface area (Å²) >= 11 is 0. The number of benzene rings is 2. The van der Waals surface area contributed by atoms with Gasteiger partial charge in [-0.25, -0.2) is 9.37 Å². The predicted octanol–water partition coefficient (Wildman–Crippen LogP) is 3.47. The second kappa shape index (κ2) is 10.5. The smallest absolute Gasteiger partial charge is 0.256 e. The van der Waals surface area contributed by atoms with Crippen molar-refractivity contribution in [3.05, 3.63) is 53.8 Å². The number of nitrogens with zero attached hydrogens (tertiary/aromatic N) is 4. The predicted molar refractivity (Wildman–Crippen MR) is 141 cm³/mol. The molecule has 4 aromatic rings. The van der Waals surface area contributed by atoms with Gasteiger partial charge in [-0.2, -0.15) is 9.50 Å². The van der Waals surface area contributed by atoms with Gasteiger partial charge in [0.1, 0.15) is 22.9 Å². The molecule has 2 aromatic heterocycles. The molecule has 0 aliphatic heterocycles. The second-order valence-electron chi connectivity index (χ2n) is 9.10. The number of fused-ring (bicyclic) bond motifs is 1. The minimum Gasteiger partial charge on any atom is -0.497 e. The van der Waals surface area contributed by atoms with Crippen molar-refractivity contribution in [1.29, 1.82) is 0 Å². The van der Waals surface area contributed by atoms with Crippen LogP contribution in [0, 0.1) is 5.82 Å². The molecule has 0 spiro atoms. The molecule has 1 amide bonds. The third-order valence-electron chi connectivity index (χ3n) is 6.60. The van der Waals surface area contributed by atoms with Crippen molar-refractivity contribution in [2.45, 2.75) is 37.8 Å². The monoisotopic (exact) mass is 520 g/mol. The van der Waals surface area contributed by atoms with Gasteiger partial charge in [-0.1, -0.05) is 25.0 Å². The van der Waals surface area contributed by atoms with Crippen molar-refractivity contribution in [1.82, 2.24) is 19.6 Å². The molecule has 1 aliphatic carbocycles. The Kier molecular flexibility index (Phi) is 6.97. The third-order valence-corrected chi connectivity index (χ3v) is 6.60. The van der Waals surface area contributed by atoms with E-state index in [2.05, 4.69) is 20.7 Å². The van der Waals surface area contributed by atoms with Gasteiger partial charge < -0.3 is 31.6 Å². The Labute approximate surface area is 218 Å². The van der Waals surface area contributed by atoms with Gasteiger partial charge in [-0.3, -0.25) is 4.79 Å². The lowest BCUT2D eigenvalue weighted by Gasteiger charge is -2.29. The molecule has 5 rings (SSSR count). The number of halogens is 1. The molecule has 2 atom stereocenters. The zero-order valence-electron chi connectivity index (χ0n) is 21.1. The van der Waals surface area contributed by atoms with Crippen LogP contribution in [0.2, 0.25) is 0 Å². The van der Waals surface area contributed by atoms with Gasteiger partial charge in [0.25, 0.3) is 5.91 Å². The SMILES string of the molecule is COc1cc(Nc2nc(N[C@@H]3CCCC[C@@H]3N)n3nc(-c4ccccc4F)nc3c2C(N)=O)cc(OC)c1. The molecule has 1 aliphatic rings. The number of ether oxygens (including phenoxy) is 2. The molecule has 0 unspecified atom stereocenters. The normalized spacial score (nSPS) is 17.3. The molecule has 38 heavy (non-hydrogen) atoms. The van der Waals surface area contributed by atoms with E-state index in [0.717, 1.165) is 25.7 Å². The maximum Gasteiger partial charge on any atom is 0.256 e. The summed E-state index contributed by atoms with van der Waals surface area (Å²) in [6, 6.07) is 11.1. The number of nitrogens with one attached hydrogen (secondary N) is 2. The Bertz CT molecular complexity index is 1470. The lowest BCUT2D eigenvalue weighted by Crippen LogP contribution is -2.43. The summed E-state index contributed by atoms with van der Waals surface area (Å²) in [6.45, 7) is 0. The number of anilines is 3. The van der Waals surface area contributed by atoms with Crippen LogP contribution in [0.25, 0.3) is 17.0 Å². The van der Waals surface area contributed by atoms with E-state index < -0.39 is 11.7 Å². The Morgan fingerprint density at radius 1 is 1.08 bits per heavy atom. The number of nitrogens with two attached hydrogens (primary N) is 2. The highest BCUT2D eigenvalue weighted by Gasteiger charge is 2.27. The molecule has 2 heterocycles. The summed E-state index contributed by atoms with van der Waals surface area (Å²) in [5.41, 5.74) is 13.0. The Morgan fingerprint density at radius 2 is 1.79 bits per heavy atom. The minimum absolute atomic E-state index is 0.0135. The zero-order valence-corrected chi connectivity index (χ0v) is 21.1. The van der Waals surface area contributed by atoms with Crippen LogP contribution in [0.3, 0.4) is 0 Å². The van der Waals surface area contributed by atoms with E-state index in [-0.39, 0.29) is 40.5 Å². The van der Waals surface area contributed by atoms with Gasteiger partial charge >= 0.3 is 0 Å². The summed E-state index contributed by atoms with van der Waals surface area (Å²) in [5, 5.41) is 11.0. The second-order valence-corrected chi connectivity index (χ2v) is 9.10. The van der Waals surface area contributed by atoms with E-state index in [9.17, 15) is 9.18 Å². The van der Waals surface area contributed by atoms with Gasteiger partial charge in [0, 0.05) is 36.0 Å².